The molecule has 40 heteroatoms. The molecular formula is C98H164N4O32P4. The van der Waals surface area contributed by atoms with Gasteiger partial charge in [0.2, 0.25) is 23.1 Å². The van der Waals surface area contributed by atoms with Crippen molar-refractivity contribution in [3.63, 3.8) is 0 Å². The van der Waals surface area contributed by atoms with Gasteiger partial charge in [0.25, 0.3) is 0 Å². The van der Waals surface area contributed by atoms with Crippen molar-refractivity contribution in [2.24, 2.45) is 35.5 Å². The molecule has 8 rings (SSSR count). The smallest absolute Gasteiger partial charge is 0.340 e. The summed E-state index contributed by atoms with van der Waals surface area (Å²) in [5.41, 5.74) is -4.12. The third kappa shape index (κ3) is 32.7. The minimum Gasteiger partial charge on any atom is -0.457 e. The van der Waals surface area contributed by atoms with Crippen molar-refractivity contribution in [2.75, 3.05) is 84.8 Å². The molecule has 138 heavy (non-hydrogen) atoms. The minimum atomic E-state index is -1.15. The Morgan fingerprint density at radius 2 is 0.558 bits per heavy atom. The number of carbonyl (C=O) groups excluding carboxylic acids is 8. The number of rotatable bonds is 44. The van der Waals surface area contributed by atoms with Crippen molar-refractivity contribution >= 4 is 82.9 Å². The number of methoxy groups -OCH3 is 4. The number of carbonyl (C=O) groups is 8. The topological polar surface area (TPSA) is 402 Å². The van der Waals surface area contributed by atoms with Crippen molar-refractivity contribution in [3.05, 3.63) is 45.3 Å². The summed E-state index contributed by atoms with van der Waals surface area (Å²) in [5.74, 6) is -6.85. The fraction of sp³-hybridized carbons (Fsp3) is 0.837. The maximum atomic E-state index is 12.6. The van der Waals surface area contributed by atoms with Gasteiger partial charge in [0.1, 0.15) is 70.8 Å². The lowest BCUT2D eigenvalue weighted by atomic mass is 9.80. The quantitative estimate of drug-likeness (QED) is 0.0237. The summed E-state index contributed by atoms with van der Waals surface area (Å²) in [4.78, 5) is 104. The predicted octanol–water partition coefficient (Wildman–Crippen LogP) is 15.3. The summed E-state index contributed by atoms with van der Waals surface area (Å²) in [6.07, 6.45) is 1.80. The molecule has 0 bridgehead atoms. The molecule has 0 aromatic heterocycles. The van der Waals surface area contributed by atoms with Crippen LogP contribution in [0.15, 0.2) is 45.3 Å². The zero-order chi connectivity index (χ0) is 105. The fourth-order valence-corrected chi connectivity index (χ4v) is 22.3. The molecule has 0 aliphatic carbocycles. The molecule has 4 saturated heterocycles. The second-order valence-corrected chi connectivity index (χ2v) is 45.3. The molecule has 0 radical (unpaired) electrons. The van der Waals surface area contributed by atoms with E-state index in [2.05, 4.69) is 0 Å². The van der Waals surface area contributed by atoms with E-state index in [1.54, 1.807) is 112 Å². The highest BCUT2D eigenvalue weighted by molar-refractivity contribution is 7.25. The van der Waals surface area contributed by atoms with Gasteiger partial charge in [0, 0.05) is 156 Å². The molecule has 30 atom stereocenters. The molecule has 788 valence electrons. The minimum absolute atomic E-state index is 0.0166. The molecule has 4 fully saturated rings. The van der Waals surface area contributed by atoms with Crippen LogP contribution >= 0.6 is 33.8 Å². The van der Waals surface area contributed by atoms with E-state index >= 15 is 0 Å². The molecule has 36 nitrogen and oxygen atoms in total. The van der Waals surface area contributed by atoms with Gasteiger partial charge in [-0.05, 0) is 191 Å². The first-order valence-electron chi connectivity index (χ1n) is 47.6. The van der Waals surface area contributed by atoms with Crippen molar-refractivity contribution in [3.8, 4) is 0 Å². The first kappa shape index (κ1) is 123. The van der Waals surface area contributed by atoms with Crippen LogP contribution in [0.3, 0.4) is 0 Å². The lowest BCUT2D eigenvalue weighted by Gasteiger charge is -2.47. The largest absolute Gasteiger partial charge is 0.457 e. The van der Waals surface area contributed by atoms with Crippen LogP contribution in [0, 0.1) is 35.5 Å². The van der Waals surface area contributed by atoms with E-state index in [9.17, 15) is 56.6 Å². The van der Waals surface area contributed by atoms with Gasteiger partial charge < -0.3 is 134 Å². The summed E-state index contributed by atoms with van der Waals surface area (Å²) in [7, 11) is 21.5. The SMILES string of the molecule is CO[C@@](C)(C[C@@H](C)C=O)[C@@H](CC1=C(C)C(=O)OC(C)(C)O1)O[C@@H]1O[C@H](C)CC(N(C)C)[C@H]1P=O.CO[C@](C)(C[C@@H](C)C=O)[C@@H](CC1=C(C)C(=O)OC(C)(C)O1)O[C@@H]1OC(C)CC(N(C)C)C1P=O.CO[C@](C)(C[C@@H](C)C=O)[C@H](O[C@@H]1O[C@H](C)CC(N(C)C)[C@H]1P=O)[C@@H](C)C1=C(C)C(=O)OC(C)(C)O1.CO[C@](C)(C[C@@H](C)C=O)[C@H](O[C@@H]1O[C@H](C)CC(N(C)C)[C@H]1P=O)[C@H](C)C1=C(C)C(=O)OC(C)(C)O1. The predicted molar refractivity (Wildman–Crippen MR) is 515 cm³/mol. The molecule has 0 aromatic rings. The molecule has 0 spiro atoms. The number of hydrogen-bond acceptors (Lipinski definition) is 36. The molecule has 8 aliphatic rings. The number of nitrogens with zero attached hydrogens (tertiary/aromatic N) is 4. The van der Waals surface area contributed by atoms with Crippen molar-refractivity contribution < 1.29 is 151 Å². The van der Waals surface area contributed by atoms with Gasteiger partial charge in [-0.15, -0.1) is 0 Å². The molecule has 0 saturated carbocycles. The van der Waals surface area contributed by atoms with Crippen LogP contribution in [-0.4, -0.2) is 320 Å². The molecule has 8 aliphatic heterocycles. The number of hydrogen-bond donors (Lipinski definition) is 0. The Bertz CT molecular complexity index is 3980. The average Bonchev–Trinajstić information content (AvgIpc) is 0.748. The van der Waals surface area contributed by atoms with E-state index in [1.165, 1.54) is 0 Å². The van der Waals surface area contributed by atoms with Gasteiger partial charge in [-0.1, -0.05) is 41.5 Å². The summed E-state index contributed by atoms with van der Waals surface area (Å²) in [6, 6.07) is -0.0844. The highest BCUT2D eigenvalue weighted by Crippen LogP contribution is 2.48. The molecule has 0 amide bonds. The summed E-state index contributed by atoms with van der Waals surface area (Å²) in [5, 5.41) is 0. The standard InChI is InChI=1S/2C25H42NO8P.2C24H40NO8P/c2*1-14(13-27)12-25(7,30-10)21(16(3)19-17(4)22(28)34-24(5,6)33-19)32-23-20(35-29)18(26(8)9)11-15(2)31-23;2*1-14(13-26)12-24(6,29-9)19(11-18-16(3)21(27)33-23(4,5)32-18)31-22-20(34-28)17(25(7)8)10-15(2)30-22/h2*13-16,18,20-21,23H,11-12H2,1-10H3;2*13-15,17,19-20,22H,10-12H2,1-9H3/t14-,15-,16+,18?,20-,21-,23+,25-;14-,15-,16-,18?,20-,21-,23+,25-;14-,15?,17?,19-,20?,22+,24-;14-,15-,17?,19-,20-,22+,24+/m1111/s1. The Balaban J connectivity index is 0.000000325. The summed E-state index contributed by atoms with van der Waals surface area (Å²) >= 11 is 0. The molecule has 0 aromatic carbocycles. The molecule has 0 N–H and O–H groups in total. The van der Waals surface area contributed by atoms with Gasteiger partial charge >= 0.3 is 23.9 Å². The zero-order valence-corrected chi connectivity index (χ0v) is 92.6. The summed E-state index contributed by atoms with van der Waals surface area (Å²) in [6.45, 7) is 46.2. The Labute approximate surface area is 825 Å². The Morgan fingerprint density at radius 1 is 0.348 bits per heavy atom. The van der Waals surface area contributed by atoms with E-state index in [-0.39, 0.29) is 119 Å². The van der Waals surface area contributed by atoms with E-state index in [1.807, 2.05) is 173 Å². The van der Waals surface area contributed by atoms with Crippen LogP contribution in [0.5, 0.6) is 0 Å². The normalized spacial score (nSPS) is 31.1. The molecule has 6 unspecified atom stereocenters. The van der Waals surface area contributed by atoms with Gasteiger partial charge in [0.15, 0.2) is 59.0 Å². The third-order valence-electron chi connectivity index (χ3n) is 27.1. The van der Waals surface area contributed by atoms with E-state index in [0.29, 0.717) is 96.7 Å². The van der Waals surface area contributed by atoms with E-state index < -0.39 is 153 Å². The average molecular weight is 2030 g/mol. The highest BCUT2D eigenvalue weighted by atomic mass is 31.1. The van der Waals surface area contributed by atoms with Gasteiger partial charge in [-0.3, -0.25) is 18.3 Å². The van der Waals surface area contributed by atoms with Gasteiger partial charge in [-0.25, -0.2) is 19.2 Å². The Morgan fingerprint density at radius 3 is 0.768 bits per heavy atom. The Hall–Kier alpha value is -5.52. The van der Waals surface area contributed by atoms with Gasteiger partial charge in [-0.2, -0.15) is 0 Å². The van der Waals surface area contributed by atoms with Crippen LogP contribution in [0.2, 0.25) is 0 Å². The lowest BCUT2D eigenvalue weighted by Crippen LogP contribution is -2.57. The highest BCUT2D eigenvalue weighted by Gasteiger charge is 2.56. The molecule has 8 heterocycles. The number of ether oxygens (including phenoxy) is 20. The van der Waals surface area contributed by atoms with E-state index in [4.69, 9.17) is 94.7 Å². The van der Waals surface area contributed by atoms with Crippen LogP contribution in [-0.2, 0) is 151 Å². The lowest BCUT2D eigenvalue weighted by molar-refractivity contribution is -0.266. The maximum Gasteiger partial charge on any atom is 0.340 e. The van der Waals surface area contributed by atoms with Gasteiger partial charge in [0.05, 0.1) is 93.5 Å². The first-order chi connectivity index (χ1) is 63.9. The maximum absolute atomic E-state index is 12.6. The van der Waals surface area contributed by atoms with Crippen molar-refractivity contribution in [2.45, 2.75) is 411 Å². The zero-order valence-electron chi connectivity index (χ0n) is 89.0. The fourth-order valence-electron chi connectivity index (χ4n) is 19.2. The third-order valence-corrected chi connectivity index (χ3v) is 30.4. The monoisotopic (exact) mass is 2030 g/mol. The van der Waals surface area contributed by atoms with Crippen LogP contribution < -0.4 is 0 Å². The second kappa shape index (κ2) is 52.5. The van der Waals surface area contributed by atoms with E-state index in [0.717, 1.165) is 25.1 Å². The summed E-state index contributed by atoms with van der Waals surface area (Å²) < 4.78 is 169. The number of cyclic esters (lactones) is 4. The van der Waals surface area contributed by atoms with Crippen molar-refractivity contribution in [1.82, 2.24) is 19.6 Å². The second-order valence-electron chi connectivity index (χ2n) is 42.0. The number of esters is 4. The van der Waals surface area contributed by atoms with Crippen LogP contribution in [0.4, 0.5) is 0 Å². The first-order valence-corrected chi connectivity index (χ1v) is 51.2. The van der Waals surface area contributed by atoms with Crippen molar-refractivity contribution in [1.29, 1.82) is 0 Å². The van der Waals surface area contributed by atoms with Crippen LogP contribution in [0.25, 0.3) is 0 Å². The molecular weight excluding hydrogens is 1870 g/mol. The Kier molecular flexibility index (Phi) is 46.8. The number of aldehydes is 4. The van der Waals surface area contributed by atoms with Crippen LogP contribution in [0.1, 0.15) is 244 Å².